The van der Waals surface area contributed by atoms with Crippen molar-refractivity contribution in [1.29, 1.82) is 0 Å². The molecule has 0 saturated heterocycles. The molecule has 5 nitrogen and oxygen atoms in total. The Morgan fingerprint density at radius 3 is 2.83 bits per heavy atom. The van der Waals surface area contributed by atoms with Crippen LogP contribution >= 0.6 is 0 Å². The highest BCUT2D eigenvalue weighted by atomic mass is 16.2. The fourth-order valence-electron chi connectivity index (χ4n) is 1.66. The number of fused-ring (bicyclic) bond motifs is 1. The van der Waals surface area contributed by atoms with Gasteiger partial charge in [0.05, 0.1) is 5.39 Å². The van der Waals surface area contributed by atoms with Crippen molar-refractivity contribution >= 4 is 16.7 Å². The first-order valence-electron chi connectivity index (χ1n) is 5.60. The lowest BCUT2D eigenvalue weighted by molar-refractivity contribution is 0.0950. The summed E-state index contributed by atoms with van der Waals surface area (Å²) >= 11 is 0. The molecule has 0 saturated carbocycles. The van der Waals surface area contributed by atoms with Crippen molar-refractivity contribution < 1.29 is 4.79 Å². The molecule has 2 N–H and O–H groups in total. The average Bonchev–Trinajstić information content (AvgIpc) is 2.39. The largest absolute Gasteiger partial charge is 0.350 e. The summed E-state index contributed by atoms with van der Waals surface area (Å²) in [7, 11) is 0. The van der Waals surface area contributed by atoms with Crippen LogP contribution in [0.2, 0.25) is 0 Å². The maximum atomic E-state index is 11.9. The van der Waals surface area contributed by atoms with Gasteiger partial charge in [-0.05, 0) is 12.5 Å². The van der Waals surface area contributed by atoms with Gasteiger partial charge in [-0.1, -0.05) is 24.3 Å². The van der Waals surface area contributed by atoms with Gasteiger partial charge in [-0.2, -0.15) is 5.10 Å². The molecule has 0 radical (unpaired) electrons. The summed E-state index contributed by atoms with van der Waals surface area (Å²) in [6.45, 7) is 4.07. The zero-order valence-corrected chi connectivity index (χ0v) is 9.77. The highest BCUT2D eigenvalue weighted by Crippen LogP contribution is 2.11. The van der Waals surface area contributed by atoms with Gasteiger partial charge in [0.15, 0.2) is 5.69 Å². The number of aromatic nitrogens is 2. The number of H-pyrrole nitrogens is 1. The number of carbonyl (C=O) groups excluding carboxylic acids is 1. The number of rotatable bonds is 4. The van der Waals surface area contributed by atoms with Crippen LogP contribution in [-0.4, -0.2) is 22.6 Å². The Hall–Kier alpha value is -2.43. The van der Waals surface area contributed by atoms with E-state index in [1.54, 1.807) is 30.3 Å². The molecule has 1 aromatic heterocycles. The van der Waals surface area contributed by atoms with Crippen molar-refractivity contribution in [3.05, 3.63) is 53.0 Å². The van der Waals surface area contributed by atoms with Crippen molar-refractivity contribution in [2.24, 2.45) is 0 Å². The van der Waals surface area contributed by atoms with E-state index in [0.717, 1.165) is 0 Å². The van der Waals surface area contributed by atoms with Gasteiger partial charge >= 0.3 is 0 Å². The zero-order valence-electron chi connectivity index (χ0n) is 9.77. The normalized spacial score (nSPS) is 10.2. The fraction of sp³-hybridized carbons (Fsp3) is 0.154. The van der Waals surface area contributed by atoms with Crippen LogP contribution < -0.4 is 10.9 Å². The van der Waals surface area contributed by atoms with E-state index in [0.29, 0.717) is 23.7 Å². The third-order valence-electron chi connectivity index (χ3n) is 2.55. The SMILES string of the molecule is C=CCCNC(=O)c1n[nH]c(=O)c2ccccc12. The Morgan fingerprint density at radius 2 is 2.11 bits per heavy atom. The molecule has 0 bridgehead atoms. The van der Waals surface area contributed by atoms with Crippen LogP contribution in [0.15, 0.2) is 41.7 Å². The molecule has 0 aliphatic heterocycles. The van der Waals surface area contributed by atoms with Crippen molar-refractivity contribution in [2.75, 3.05) is 6.54 Å². The predicted octanol–water partition coefficient (Wildman–Crippen LogP) is 1.23. The number of nitrogens with one attached hydrogen (secondary N) is 2. The molecule has 0 aliphatic rings. The van der Waals surface area contributed by atoms with Crippen molar-refractivity contribution in [3.8, 4) is 0 Å². The first-order chi connectivity index (χ1) is 8.74. The molecular formula is C13H13N3O2. The Morgan fingerprint density at radius 1 is 1.39 bits per heavy atom. The molecular weight excluding hydrogens is 230 g/mol. The molecule has 0 aliphatic carbocycles. The first kappa shape index (κ1) is 12.0. The topological polar surface area (TPSA) is 74.8 Å². The number of nitrogens with zero attached hydrogens (tertiary/aromatic N) is 1. The van der Waals surface area contributed by atoms with Crippen molar-refractivity contribution in [3.63, 3.8) is 0 Å². The van der Waals surface area contributed by atoms with E-state index in [2.05, 4.69) is 22.1 Å². The summed E-state index contributed by atoms with van der Waals surface area (Å²) in [6, 6.07) is 6.89. The van der Waals surface area contributed by atoms with E-state index in [1.807, 2.05) is 0 Å². The van der Waals surface area contributed by atoms with Gasteiger partial charge in [-0.3, -0.25) is 9.59 Å². The Labute approximate surface area is 104 Å². The lowest BCUT2D eigenvalue weighted by Gasteiger charge is -2.05. The molecule has 0 spiro atoms. The maximum absolute atomic E-state index is 11.9. The van der Waals surface area contributed by atoms with E-state index in [1.165, 1.54) is 0 Å². The van der Waals surface area contributed by atoms with Gasteiger partial charge in [-0.25, -0.2) is 5.10 Å². The number of hydrogen-bond acceptors (Lipinski definition) is 3. The van der Waals surface area contributed by atoms with Gasteiger partial charge < -0.3 is 5.32 Å². The fourth-order valence-corrected chi connectivity index (χ4v) is 1.66. The third-order valence-corrected chi connectivity index (χ3v) is 2.55. The molecule has 2 aromatic rings. The van der Waals surface area contributed by atoms with Crippen molar-refractivity contribution in [1.82, 2.24) is 15.5 Å². The zero-order chi connectivity index (χ0) is 13.0. The lowest BCUT2D eigenvalue weighted by atomic mass is 10.1. The molecule has 1 amide bonds. The van der Waals surface area contributed by atoms with E-state index >= 15 is 0 Å². The summed E-state index contributed by atoms with van der Waals surface area (Å²) in [6.07, 6.45) is 2.41. The van der Waals surface area contributed by atoms with Gasteiger partial charge in [0.25, 0.3) is 11.5 Å². The van der Waals surface area contributed by atoms with E-state index in [4.69, 9.17) is 0 Å². The van der Waals surface area contributed by atoms with Crippen LogP contribution in [-0.2, 0) is 0 Å². The molecule has 1 heterocycles. The second-order valence-electron chi connectivity index (χ2n) is 3.78. The minimum atomic E-state index is -0.302. The molecule has 0 unspecified atom stereocenters. The van der Waals surface area contributed by atoms with Crippen LogP contribution in [0.25, 0.3) is 10.8 Å². The van der Waals surface area contributed by atoms with Gasteiger partial charge in [-0.15, -0.1) is 6.58 Å². The molecule has 0 fully saturated rings. The van der Waals surface area contributed by atoms with Crippen LogP contribution in [0.4, 0.5) is 0 Å². The second-order valence-corrected chi connectivity index (χ2v) is 3.78. The Balaban J connectivity index is 2.39. The van der Waals surface area contributed by atoms with Crippen LogP contribution in [0.5, 0.6) is 0 Å². The number of amides is 1. The molecule has 92 valence electrons. The molecule has 0 atom stereocenters. The van der Waals surface area contributed by atoms with Gasteiger partial charge in [0.1, 0.15) is 0 Å². The molecule has 2 rings (SSSR count). The van der Waals surface area contributed by atoms with E-state index < -0.39 is 0 Å². The molecule has 1 aromatic carbocycles. The first-order valence-corrected chi connectivity index (χ1v) is 5.60. The standard InChI is InChI=1S/C13H13N3O2/c1-2-3-8-14-13(18)11-9-6-4-5-7-10(9)12(17)16-15-11/h2,4-7H,1,3,8H2,(H,14,18)(H,16,17). The van der Waals surface area contributed by atoms with Crippen LogP contribution in [0, 0.1) is 0 Å². The quantitative estimate of drug-likeness (QED) is 0.626. The van der Waals surface area contributed by atoms with Crippen molar-refractivity contribution in [2.45, 2.75) is 6.42 Å². The Bertz CT molecular complexity index is 646. The molecule has 5 heteroatoms. The minimum absolute atomic E-state index is 0.231. The van der Waals surface area contributed by atoms with Crippen LogP contribution in [0.1, 0.15) is 16.9 Å². The highest BCUT2D eigenvalue weighted by molar-refractivity contribution is 6.04. The summed E-state index contributed by atoms with van der Waals surface area (Å²) in [4.78, 5) is 23.5. The lowest BCUT2D eigenvalue weighted by Crippen LogP contribution is -2.27. The summed E-state index contributed by atoms with van der Waals surface area (Å²) in [5.41, 5.74) is -0.0671. The van der Waals surface area contributed by atoms with Gasteiger partial charge in [0.2, 0.25) is 0 Å². The summed E-state index contributed by atoms with van der Waals surface area (Å²) < 4.78 is 0. The van der Waals surface area contributed by atoms with E-state index in [9.17, 15) is 9.59 Å². The smallest absolute Gasteiger partial charge is 0.272 e. The summed E-state index contributed by atoms with van der Waals surface area (Å²) in [5.74, 6) is -0.302. The number of carbonyl (C=O) groups is 1. The van der Waals surface area contributed by atoms with E-state index in [-0.39, 0.29) is 17.2 Å². The third kappa shape index (κ3) is 2.29. The highest BCUT2D eigenvalue weighted by Gasteiger charge is 2.12. The second kappa shape index (κ2) is 5.27. The number of aromatic amines is 1. The number of benzene rings is 1. The minimum Gasteiger partial charge on any atom is -0.350 e. The average molecular weight is 243 g/mol. The monoisotopic (exact) mass is 243 g/mol. The summed E-state index contributed by atoms with van der Waals surface area (Å²) in [5, 5.41) is 9.87. The van der Waals surface area contributed by atoms with Gasteiger partial charge in [0, 0.05) is 11.9 Å². The van der Waals surface area contributed by atoms with Crippen LogP contribution in [0.3, 0.4) is 0 Å². The molecule has 18 heavy (non-hydrogen) atoms. The maximum Gasteiger partial charge on any atom is 0.272 e. The predicted molar refractivity (Wildman–Crippen MR) is 69.5 cm³/mol. The number of hydrogen-bond donors (Lipinski definition) is 2. The Kier molecular flexibility index (Phi) is 3.52.